The second kappa shape index (κ2) is 7.52. The Balaban J connectivity index is -0.0000000457. The summed E-state index contributed by atoms with van der Waals surface area (Å²) in [7, 11) is -9.33. The summed E-state index contributed by atoms with van der Waals surface area (Å²) in [5.74, 6) is 0. The SMILES string of the molecule is B.B.O=S(=O)(O)O.O=S(=O)(O)O. The van der Waals surface area contributed by atoms with E-state index in [0.29, 0.717) is 0 Å². The molecule has 0 saturated carbocycles. The van der Waals surface area contributed by atoms with Crippen LogP contribution < -0.4 is 0 Å². The minimum atomic E-state index is -4.67. The van der Waals surface area contributed by atoms with E-state index < -0.39 is 20.8 Å². The van der Waals surface area contributed by atoms with Crippen molar-refractivity contribution in [1.29, 1.82) is 0 Å². The molecule has 0 aromatic rings. The van der Waals surface area contributed by atoms with E-state index in [-0.39, 0.29) is 16.8 Å². The first kappa shape index (κ1) is 22.6. The van der Waals surface area contributed by atoms with E-state index in [1.54, 1.807) is 0 Å². The third kappa shape index (κ3) is 45900. The van der Waals surface area contributed by atoms with Crippen molar-refractivity contribution in [2.75, 3.05) is 0 Å². The summed E-state index contributed by atoms with van der Waals surface area (Å²) in [6, 6.07) is 0. The van der Waals surface area contributed by atoms with Crippen LogP contribution in [0.2, 0.25) is 0 Å². The lowest BCUT2D eigenvalue weighted by Gasteiger charge is -1.68. The molecule has 0 aromatic carbocycles. The highest BCUT2D eigenvalue weighted by molar-refractivity contribution is 7.80. The van der Waals surface area contributed by atoms with Crippen LogP contribution in [0.1, 0.15) is 0 Å². The molecule has 76 valence electrons. The van der Waals surface area contributed by atoms with Gasteiger partial charge in [0.2, 0.25) is 0 Å². The molecule has 0 aromatic heterocycles. The molecule has 0 atom stereocenters. The van der Waals surface area contributed by atoms with Gasteiger partial charge < -0.3 is 0 Å². The van der Waals surface area contributed by atoms with Gasteiger partial charge in [0.15, 0.2) is 0 Å². The maximum atomic E-state index is 8.74. The van der Waals surface area contributed by atoms with E-state index in [1.807, 2.05) is 0 Å². The Morgan fingerprint density at radius 2 is 0.583 bits per heavy atom. The predicted molar refractivity (Wildman–Crippen MR) is 48.2 cm³/mol. The molecule has 0 heterocycles. The summed E-state index contributed by atoms with van der Waals surface area (Å²) in [5.41, 5.74) is 0. The van der Waals surface area contributed by atoms with Gasteiger partial charge in [0.1, 0.15) is 0 Å². The van der Waals surface area contributed by atoms with E-state index >= 15 is 0 Å². The Morgan fingerprint density at radius 1 is 0.583 bits per heavy atom. The van der Waals surface area contributed by atoms with Gasteiger partial charge in [-0.3, -0.25) is 18.2 Å². The summed E-state index contributed by atoms with van der Waals surface area (Å²) >= 11 is 0. The van der Waals surface area contributed by atoms with Gasteiger partial charge >= 0.3 is 20.8 Å². The average Bonchev–Trinajstić information content (AvgIpc) is 1.12. The molecule has 8 nitrogen and oxygen atoms in total. The van der Waals surface area contributed by atoms with E-state index in [4.69, 9.17) is 35.0 Å². The summed E-state index contributed by atoms with van der Waals surface area (Å²) < 4.78 is 63.2. The highest BCUT2D eigenvalue weighted by atomic mass is 32.3. The molecule has 0 saturated heterocycles. The maximum absolute atomic E-state index is 8.74. The molecule has 12 heavy (non-hydrogen) atoms. The van der Waals surface area contributed by atoms with E-state index in [0.717, 1.165) is 0 Å². The van der Waals surface area contributed by atoms with Gasteiger partial charge in [-0.2, -0.15) is 16.8 Å². The molecule has 0 fully saturated rings. The highest BCUT2D eigenvalue weighted by Crippen LogP contribution is 1.59. The van der Waals surface area contributed by atoms with Crippen molar-refractivity contribution in [2.24, 2.45) is 0 Å². The molecule has 0 aliphatic carbocycles. The van der Waals surface area contributed by atoms with Crippen molar-refractivity contribution in [2.45, 2.75) is 0 Å². The standard InChI is InChI=1S/2BH3.2H2O4S/c;;2*1-5(2,3)4/h2*1H3;2*(H2,1,2,3,4). The normalized spacial score (nSPS) is 9.67. The smallest absolute Gasteiger partial charge is 0.264 e. The Bertz CT molecular complexity index is 211. The van der Waals surface area contributed by atoms with Crippen molar-refractivity contribution in [3.63, 3.8) is 0 Å². The van der Waals surface area contributed by atoms with Crippen LogP contribution in [0.15, 0.2) is 0 Å². The second-order valence-corrected chi connectivity index (χ2v) is 2.69. The molecular weight excluding hydrogens is 214 g/mol. The Kier molecular flexibility index (Phi) is 14.2. The van der Waals surface area contributed by atoms with Gasteiger partial charge in [0, 0.05) is 0 Å². The van der Waals surface area contributed by atoms with Gasteiger partial charge in [-0.05, 0) is 0 Å². The fraction of sp³-hybridized carbons (Fsp3) is 0. The summed E-state index contributed by atoms with van der Waals surface area (Å²) in [6.45, 7) is 0. The quantitative estimate of drug-likeness (QED) is 0.242. The van der Waals surface area contributed by atoms with Gasteiger partial charge in [-0.1, -0.05) is 0 Å². The molecule has 4 N–H and O–H groups in total. The van der Waals surface area contributed by atoms with E-state index in [2.05, 4.69) is 0 Å². The van der Waals surface area contributed by atoms with Crippen LogP contribution in [0.3, 0.4) is 0 Å². The van der Waals surface area contributed by atoms with Crippen molar-refractivity contribution in [3.8, 4) is 0 Å². The zero-order chi connectivity index (χ0) is 9.00. The minimum absolute atomic E-state index is 0. The van der Waals surface area contributed by atoms with Crippen LogP contribution in [-0.4, -0.2) is 51.9 Å². The van der Waals surface area contributed by atoms with Gasteiger partial charge in [-0.25, -0.2) is 0 Å². The van der Waals surface area contributed by atoms with Gasteiger partial charge in [-0.15, -0.1) is 0 Å². The summed E-state index contributed by atoms with van der Waals surface area (Å²) in [4.78, 5) is 0. The topological polar surface area (TPSA) is 149 Å². The summed E-state index contributed by atoms with van der Waals surface area (Å²) in [5, 5.41) is 0. The molecule has 0 unspecified atom stereocenters. The molecule has 0 aliphatic heterocycles. The Hall–Kier alpha value is -0.130. The van der Waals surface area contributed by atoms with E-state index in [9.17, 15) is 0 Å². The van der Waals surface area contributed by atoms with Crippen LogP contribution in [0, 0.1) is 0 Å². The largest absolute Gasteiger partial charge is 0.394 e. The molecule has 0 amide bonds. The first-order valence-corrected chi connectivity index (χ1v) is 4.19. The van der Waals surface area contributed by atoms with Gasteiger partial charge in [0.25, 0.3) is 0 Å². The van der Waals surface area contributed by atoms with Crippen molar-refractivity contribution >= 4 is 37.6 Å². The minimum Gasteiger partial charge on any atom is -0.264 e. The van der Waals surface area contributed by atoms with Crippen LogP contribution in [-0.2, 0) is 20.8 Å². The molecule has 0 bridgehead atoms. The fourth-order valence-corrected chi connectivity index (χ4v) is 0. The van der Waals surface area contributed by atoms with E-state index in [1.165, 1.54) is 0 Å². The molecule has 0 spiro atoms. The number of rotatable bonds is 0. The molecule has 0 radical (unpaired) electrons. The third-order valence-corrected chi connectivity index (χ3v) is 0. The highest BCUT2D eigenvalue weighted by Gasteiger charge is 1.85. The molecular formula is H10B2O8S2. The third-order valence-electron chi connectivity index (χ3n) is 0. The van der Waals surface area contributed by atoms with Crippen LogP contribution in [0.5, 0.6) is 0 Å². The average molecular weight is 224 g/mol. The monoisotopic (exact) mass is 224 g/mol. The number of hydrogen-bond donors (Lipinski definition) is 4. The second-order valence-electron chi connectivity index (χ2n) is 0.896. The van der Waals surface area contributed by atoms with Crippen LogP contribution in [0.4, 0.5) is 0 Å². The zero-order valence-corrected chi connectivity index (χ0v) is 5.87. The van der Waals surface area contributed by atoms with Crippen molar-refractivity contribution in [1.82, 2.24) is 0 Å². The van der Waals surface area contributed by atoms with Crippen molar-refractivity contribution < 1.29 is 35.0 Å². The first-order chi connectivity index (χ1) is 4.00. The fourth-order valence-electron chi connectivity index (χ4n) is 0. The lowest BCUT2D eigenvalue weighted by atomic mass is 10.8. The lowest BCUT2D eigenvalue weighted by molar-refractivity contribution is 0.378. The first-order valence-electron chi connectivity index (χ1n) is 1.40. The Morgan fingerprint density at radius 3 is 0.583 bits per heavy atom. The van der Waals surface area contributed by atoms with Crippen LogP contribution >= 0.6 is 0 Å². The van der Waals surface area contributed by atoms with Gasteiger partial charge in [0.05, 0.1) is 16.8 Å². The molecule has 0 aliphatic rings. The summed E-state index contributed by atoms with van der Waals surface area (Å²) in [6.07, 6.45) is 0. The lowest BCUT2D eigenvalue weighted by Crippen LogP contribution is -1.89. The molecule has 0 rings (SSSR count). The van der Waals surface area contributed by atoms with Crippen LogP contribution in [0.25, 0.3) is 0 Å². The Labute approximate surface area is 73.3 Å². The number of hydrogen-bond acceptors (Lipinski definition) is 4. The molecule has 12 heteroatoms. The maximum Gasteiger partial charge on any atom is 0.394 e. The van der Waals surface area contributed by atoms with Crippen molar-refractivity contribution in [3.05, 3.63) is 0 Å². The predicted octanol–water partition coefficient (Wildman–Crippen LogP) is -3.67. The zero-order valence-electron chi connectivity index (χ0n) is 4.24.